The van der Waals surface area contributed by atoms with Crippen molar-refractivity contribution in [1.82, 2.24) is 4.98 Å². The summed E-state index contributed by atoms with van der Waals surface area (Å²) in [6.07, 6.45) is 0. The van der Waals surface area contributed by atoms with Gasteiger partial charge in [0.05, 0.1) is 35.5 Å². The highest BCUT2D eigenvalue weighted by Gasteiger charge is 2.48. The number of aromatic nitrogens is 1. The Balaban J connectivity index is 1.61. The Hall–Kier alpha value is -4.37. The van der Waals surface area contributed by atoms with Gasteiger partial charge in [-0.2, -0.15) is 0 Å². The van der Waals surface area contributed by atoms with Crippen LogP contribution in [-0.2, 0) is 9.59 Å². The summed E-state index contributed by atoms with van der Waals surface area (Å²) in [7, 11) is 1.56. The Kier molecular flexibility index (Phi) is 6.77. The number of anilines is 1. The van der Waals surface area contributed by atoms with Gasteiger partial charge < -0.3 is 19.7 Å². The van der Waals surface area contributed by atoms with Gasteiger partial charge in [0.2, 0.25) is 0 Å². The van der Waals surface area contributed by atoms with E-state index in [2.05, 4.69) is 4.98 Å². The van der Waals surface area contributed by atoms with Crippen LogP contribution in [-0.4, -0.2) is 40.6 Å². The van der Waals surface area contributed by atoms with Crippen LogP contribution < -0.4 is 14.4 Å². The van der Waals surface area contributed by atoms with Crippen LogP contribution >= 0.6 is 11.3 Å². The first kappa shape index (κ1) is 25.3. The van der Waals surface area contributed by atoms with E-state index in [0.29, 0.717) is 45.8 Å². The first-order valence-electron chi connectivity index (χ1n) is 12.0. The molecule has 1 fully saturated rings. The monoisotopic (exact) mass is 530 g/mol. The van der Waals surface area contributed by atoms with Gasteiger partial charge >= 0.3 is 5.91 Å². The number of thiazole rings is 1. The summed E-state index contributed by atoms with van der Waals surface area (Å²) in [6.45, 7) is 4.64. The number of ether oxygens (including phenoxy) is 2. The van der Waals surface area contributed by atoms with E-state index in [9.17, 15) is 19.8 Å². The third-order valence-electron chi connectivity index (χ3n) is 6.15. The van der Waals surface area contributed by atoms with Gasteiger partial charge in [0.15, 0.2) is 5.13 Å². The van der Waals surface area contributed by atoms with Crippen LogP contribution in [0.1, 0.15) is 31.0 Å². The molecule has 38 heavy (non-hydrogen) atoms. The minimum atomic E-state index is -0.949. The molecule has 1 saturated heterocycles. The largest absolute Gasteiger partial charge is 0.508 e. The number of hydrogen-bond donors (Lipinski definition) is 2. The molecule has 0 aliphatic carbocycles. The highest BCUT2D eigenvalue weighted by Crippen LogP contribution is 2.45. The van der Waals surface area contributed by atoms with Crippen molar-refractivity contribution in [2.24, 2.45) is 5.92 Å². The van der Waals surface area contributed by atoms with Crippen LogP contribution in [0.15, 0.2) is 72.3 Å². The number of Topliss-reactive ketones (excluding diaryl/α,β-unsaturated/α-hetero) is 1. The number of aliphatic hydroxyl groups is 1. The maximum absolute atomic E-state index is 13.4. The summed E-state index contributed by atoms with van der Waals surface area (Å²) in [5.41, 5.74) is 1.50. The van der Waals surface area contributed by atoms with Gasteiger partial charge in [-0.15, -0.1) is 0 Å². The van der Waals surface area contributed by atoms with Crippen molar-refractivity contribution in [3.05, 3.63) is 83.4 Å². The SMILES string of the molecule is COc1ccc2nc(N3C(=O)C(=O)/C(=C(/O)c4ccc(OCC(C)C)cc4)C3c3ccc(O)cc3)sc2c1. The zero-order valence-electron chi connectivity index (χ0n) is 21.0. The van der Waals surface area contributed by atoms with Gasteiger partial charge in [0.1, 0.15) is 23.0 Å². The average molecular weight is 531 g/mol. The second-order valence-corrected chi connectivity index (χ2v) is 10.3. The number of carbonyl (C=O) groups excluding carboxylic acids is 2. The lowest BCUT2D eigenvalue weighted by Gasteiger charge is -2.23. The van der Waals surface area contributed by atoms with Gasteiger partial charge in [-0.05, 0) is 66.1 Å². The lowest BCUT2D eigenvalue weighted by molar-refractivity contribution is -0.132. The molecule has 8 nitrogen and oxygen atoms in total. The number of aliphatic hydroxyl groups excluding tert-OH is 1. The van der Waals surface area contributed by atoms with E-state index in [1.807, 2.05) is 19.9 Å². The van der Waals surface area contributed by atoms with Crippen molar-refractivity contribution >= 4 is 44.1 Å². The van der Waals surface area contributed by atoms with Crippen molar-refractivity contribution in [3.8, 4) is 17.2 Å². The normalized spacial score (nSPS) is 16.9. The Morgan fingerprint density at radius 1 is 1.03 bits per heavy atom. The first-order valence-corrected chi connectivity index (χ1v) is 12.9. The van der Waals surface area contributed by atoms with Crippen molar-refractivity contribution in [1.29, 1.82) is 0 Å². The fourth-order valence-electron chi connectivity index (χ4n) is 4.25. The number of benzene rings is 3. The third-order valence-corrected chi connectivity index (χ3v) is 7.17. The molecule has 1 atom stereocenters. The second-order valence-electron chi connectivity index (χ2n) is 9.32. The quantitative estimate of drug-likeness (QED) is 0.180. The van der Waals surface area contributed by atoms with Crippen molar-refractivity contribution in [2.45, 2.75) is 19.9 Å². The van der Waals surface area contributed by atoms with Crippen LogP contribution in [0.3, 0.4) is 0 Å². The predicted octanol–water partition coefficient (Wildman–Crippen LogP) is 5.67. The summed E-state index contributed by atoms with van der Waals surface area (Å²) in [5.74, 6) is -0.253. The van der Waals surface area contributed by atoms with Crippen LogP contribution in [0.2, 0.25) is 0 Å². The highest BCUT2D eigenvalue weighted by atomic mass is 32.1. The Morgan fingerprint density at radius 3 is 2.37 bits per heavy atom. The molecule has 1 unspecified atom stereocenters. The average Bonchev–Trinajstić information content (AvgIpc) is 3.45. The fourth-order valence-corrected chi connectivity index (χ4v) is 5.27. The molecule has 1 aromatic heterocycles. The molecule has 1 aliphatic heterocycles. The second kappa shape index (κ2) is 10.2. The highest BCUT2D eigenvalue weighted by molar-refractivity contribution is 7.22. The summed E-state index contributed by atoms with van der Waals surface area (Å²) < 4.78 is 11.8. The summed E-state index contributed by atoms with van der Waals surface area (Å²) >= 11 is 1.24. The Morgan fingerprint density at radius 2 is 1.71 bits per heavy atom. The Bertz CT molecular complexity index is 1540. The number of amides is 1. The molecule has 1 aliphatic rings. The number of ketones is 1. The number of phenols is 1. The van der Waals surface area contributed by atoms with Crippen molar-refractivity contribution < 1.29 is 29.3 Å². The van der Waals surface area contributed by atoms with E-state index in [4.69, 9.17) is 9.47 Å². The predicted molar refractivity (Wildman–Crippen MR) is 146 cm³/mol. The number of aromatic hydroxyl groups is 1. The molecule has 0 saturated carbocycles. The molecule has 0 radical (unpaired) electrons. The molecule has 0 spiro atoms. The summed E-state index contributed by atoms with van der Waals surface area (Å²) in [6, 6.07) is 17.3. The molecule has 9 heteroatoms. The number of carbonyl (C=O) groups is 2. The van der Waals surface area contributed by atoms with E-state index in [0.717, 1.165) is 4.70 Å². The Labute approximate surface area is 223 Å². The van der Waals surface area contributed by atoms with Crippen LogP contribution in [0.25, 0.3) is 16.0 Å². The molecule has 2 N–H and O–H groups in total. The van der Waals surface area contributed by atoms with Gasteiger partial charge in [-0.1, -0.05) is 37.3 Å². The number of fused-ring (bicyclic) bond motifs is 1. The molecule has 2 heterocycles. The van der Waals surface area contributed by atoms with Crippen LogP contribution in [0, 0.1) is 5.92 Å². The minimum absolute atomic E-state index is 0.0368. The van der Waals surface area contributed by atoms with E-state index in [1.54, 1.807) is 55.6 Å². The molecule has 1 amide bonds. The maximum atomic E-state index is 13.4. The summed E-state index contributed by atoms with van der Waals surface area (Å²) in [5, 5.41) is 21.5. The lowest BCUT2D eigenvalue weighted by Crippen LogP contribution is -2.29. The van der Waals surface area contributed by atoms with E-state index in [-0.39, 0.29) is 17.1 Å². The topological polar surface area (TPSA) is 109 Å². The maximum Gasteiger partial charge on any atom is 0.301 e. The number of hydrogen-bond acceptors (Lipinski definition) is 8. The standard InChI is InChI=1S/C29H26N2O6S/c1-16(2)15-37-20-10-6-18(7-11-20)26(33)24-25(17-4-8-19(32)9-5-17)31(28(35)27(24)34)29-30-22-13-12-21(36-3)14-23(22)38-29/h4-14,16,25,32-33H,15H2,1-3H3/b26-24+. The summed E-state index contributed by atoms with van der Waals surface area (Å²) in [4.78, 5) is 32.7. The van der Waals surface area contributed by atoms with E-state index < -0.39 is 17.7 Å². The van der Waals surface area contributed by atoms with Gasteiger partial charge in [-0.3, -0.25) is 14.5 Å². The van der Waals surface area contributed by atoms with E-state index >= 15 is 0 Å². The smallest absolute Gasteiger partial charge is 0.301 e. The number of methoxy groups -OCH3 is 1. The van der Waals surface area contributed by atoms with Crippen LogP contribution in [0.4, 0.5) is 5.13 Å². The zero-order valence-corrected chi connectivity index (χ0v) is 21.9. The van der Waals surface area contributed by atoms with Crippen molar-refractivity contribution in [3.63, 3.8) is 0 Å². The molecule has 5 rings (SSSR count). The van der Waals surface area contributed by atoms with E-state index in [1.165, 1.54) is 28.4 Å². The number of nitrogens with zero attached hydrogens (tertiary/aromatic N) is 2. The minimum Gasteiger partial charge on any atom is -0.508 e. The molecule has 3 aromatic carbocycles. The lowest BCUT2D eigenvalue weighted by atomic mass is 9.95. The first-order chi connectivity index (χ1) is 18.3. The molecule has 0 bridgehead atoms. The fraction of sp³-hybridized carbons (Fsp3) is 0.207. The van der Waals surface area contributed by atoms with Crippen molar-refractivity contribution in [2.75, 3.05) is 18.6 Å². The van der Waals surface area contributed by atoms with Crippen LogP contribution in [0.5, 0.6) is 17.2 Å². The van der Waals surface area contributed by atoms with Gasteiger partial charge in [0, 0.05) is 5.56 Å². The number of rotatable bonds is 7. The zero-order chi connectivity index (χ0) is 27.0. The molecule has 4 aromatic rings. The number of phenolic OH excluding ortho intramolecular Hbond substituents is 1. The molecule has 194 valence electrons. The van der Waals surface area contributed by atoms with Gasteiger partial charge in [-0.25, -0.2) is 4.98 Å². The molecular weight excluding hydrogens is 504 g/mol. The molecular formula is C29H26N2O6S. The van der Waals surface area contributed by atoms with Gasteiger partial charge in [0.25, 0.3) is 5.78 Å². The third kappa shape index (κ3) is 4.68.